The highest BCUT2D eigenvalue weighted by atomic mass is 16.5. The molecule has 1 atom stereocenters. The Labute approximate surface area is 87.1 Å². The standard InChI is InChI=1S/C11H12O4/c12-8-1-2-9-7(5-11(13)14)3-4-15-10(9)6-8/h1-2,6-7,12H,3-5H2,(H,13,14). The average Bonchev–Trinajstić information content (AvgIpc) is 2.16. The number of aromatic hydroxyl groups is 1. The summed E-state index contributed by atoms with van der Waals surface area (Å²) in [6, 6.07) is 4.82. The number of aliphatic carboxylic acids is 1. The van der Waals surface area contributed by atoms with E-state index in [1.54, 1.807) is 12.1 Å². The summed E-state index contributed by atoms with van der Waals surface area (Å²) in [6.07, 6.45) is 0.825. The van der Waals surface area contributed by atoms with Crippen molar-refractivity contribution in [2.45, 2.75) is 18.8 Å². The highest BCUT2D eigenvalue weighted by molar-refractivity contribution is 5.68. The third-order valence-corrected chi connectivity index (χ3v) is 2.58. The maximum atomic E-state index is 10.7. The fourth-order valence-corrected chi connectivity index (χ4v) is 1.87. The molecule has 0 amide bonds. The zero-order valence-electron chi connectivity index (χ0n) is 8.14. The Morgan fingerprint density at radius 2 is 2.33 bits per heavy atom. The molecule has 1 aliphatic rings. The van der Waals surface area contributed by atoms with Gasteiger partial charge >= 0.3 is 5.97 Å². The van der Waals surface area contributed by atoms with Crippen molar-refractivity contribution in [2.75, 3.05) is 6.61 Å². The molecule has 0 bridgehead atoms. The second kappa shape index (κ2) is 3.81. The minimum Gasteiger partial charge on any atom is -0.508 e. The quantitative estimate of drug-likeness (QED) is 0.776. The zero-order chi connectivity index (χ0) is 10.8. The Morgan fingerprint density at radius 1 is 1.53 bits per heavy atom. The molecule has 0 radical (unpaired) electrons. The number of phenols is 1. The third-order valence-electron chi connectivity index (χ3n) is 2.58. The second-order valence-corrected chi connectivity index (χ2v) is 3.65. The molecule has 1 aromatic rings. The van der Waals surface area contributed by atoms with Gasteiger partial charge < -0.3 is 14.9 Å². The minimum atomic E-state index is -0.805. The summed E-state index contributed by atoms with van der Waals surface area (Å²) >= 11 is 0. The molecule has 0 fully saturated rings. The van der Waals surface area contributed by atoms with Gasteiger partial charge in [0, 0.05) is 12.0 Å². The van der Waals surface area contributed by atoms with Crippen molar-refractivity contribution in [2.24, 2.45) is 0 Å². The lowest BCUT2D eigenvalue weighted by Gasteiger charge is -2.24. The number of hydrogen-bond acceptors (Lipinski definition) is 3. The van der Waals surface area contributed by atoms with Crippen LogP contribution in [0.15, 0.2) is 18.2 Å². The van der Waals surface area contributed by atoms with Gasteiger partial charge in [-0.3, -0.25) is 4.79 Å². The molecule has 0 saturated carbocycles. The van der Waals surface area contributed by atoms with Crippen molar-refractivity contribution < 1.29 is 19.7 Å². The number of carbonyl (C=O) groups is 1. The van der Waals surface area contributed by atoms with Gasteiger partial charge in [0.2, 0.25) is 0 Å². The summed E-state index contributed by atoms with van der Waals surface area (Å²) < 4.78 is 5.36. The van der Waals surface area contributed by atoms with Crippen molar-refractivity contribution in [1.82, 2.24) is 0 Å². The molecule has 4 nitrogen and oxygen atoms in total. The maximum Gasteiger partial charge on any atom is 0.303 e. The lowest BCUT2D eigenvalue weighted by atomic mass is 9.90. The average molecular weight is 208 g/mol. The molecule has 0 aliphatic carbocycles. The molecule has 1 aliphatic heterocycles. The lowest BCUT2D eigenvalue weighted by Crippen LogP contribution is -2.16. The Bertz CT molecular complexity index is 386. The van der Waals surface area contributed by atoms with Crippen LogP contribution in [0.1, 0.15) is 24.3 Å². The van der Waals surface area contributed by atoms with Gasteiger partial charge in [-0.15, -0.1) is 0 Å². The van der Waals surface area contributed by atoms with E-state index in [-0.39, 0.29) is 18.1 Å². The predicted octanol–water partition coefficient (Wildman–Crippen LogP) is 1.73. The first-order chi connectivity index (χ1) is 7.16. The summed E-state index contributed by atoms with van der Waals surface area (Å²) in [5, 5.41) is 18.0. The number of rotatable bonds is 2. The topological polar surface area (TPSA) is 66.8 Å². The van der Waals surface area contributed by atoms with E-state index < -0.39 is 5.97 Å². The van der Waals surface area contributed by atoms with Gasteiger partial charge in [0.05, 0.1) is 13.0 Å². The van der Waals surface area contributed by atoms with Crippen LogP contribution in [0, 0.1) is 0 Å². The van der Waals surface area contributed by atoms with Gasteiger partial charge in [-0.2, -0.15) is 0 Å². The largest absolute Gasteiger partial charge is 0.508 e. The maximum absolute atomic E-state index is 10.7. The summed E-state index contributed by atoms with van der Waals surface area (Å²) in [7, 11) is 0. The lowest BCUT2D eigenvalue weighted by molar-refractivity contribution is -0.137. The highest BCUT2D eigenvalue weighted by Crippen LogP contribution is 2.37. The Balaban J connectivity index is 2.30. The summed E-state index contributed by atoms with van der Waals surface area (Å²) in [6.45, 7) is 0.508. The smallest absolute Gasteiger partial charge is 0.303 e. The predicted molar refractivity (Wildman–Crippen MR) is 53.2 cm³/mol. The van der Waals surface area contributed by atoms with Crippen molar-refractivity contribution in [3.05, 3.63) is 23.8 Å². The summed E-state index contributed by atoms with van der Waals surface area (Å²) in [4.78, 5) is 10.7. The number of phenolic OH excluding ortho intramolecular Hbond substituents is 1. The van der Waals surface area contributed by atoms with Crippen molar-refractivity contribution >= 4 is 5.97 Å². The number of ether oxygens (including phenoxy) is 1. The van der Waals surface area contributed by atoms with E-state index in [0.29, 0.717) is 18.8 Å². The SMILES string of the molecule is O=C(O)CC1CCOc2cc(O)ccc21. The van der Waals surface area contributed by atoms with Gasteiger partial charge in [-0.25, -0.2) is 0 Å². The Kier molecular flexibility index (Phi) is 2.49. The van der Waals surface area contributed by atoms with Gasteiger partial charge in [0.1, 0.15) is 11.5 Å². The number of fused-ring (bicyclic) bond motifs is 1. The number of carboxylic acids is 1. The van der Waals surface area contributed by atoms with E-state index in [9.17, 15) is 9.90 Å². The molecule has 1 heterocycles. The van der Waals surface area contributed by atoms with Crippen LogP contribution in [0.5, 0.6) is 11.5 Å². The van der Waals surface area contributed by atoms with Gasteiger partial charge in [-0.05, 0) is 18.1 Å². The highest BCUT2D eigenvalue weighted by Gasteiger charge is 2.23. The number of benzene rings is 1. The summed E-state index contributed by atoms with van der Waals surface area (Å²) in [5.41, 5.74) is 0.876. The normalized spacial score (nSPS) is 19.1. The van der Waals surface area contributed by atoms with E-state index in [2.05, 4.69) is 0 Å². The van der Waals surface area contributed by atoms with E-state index >= 15 is 0 Å². The van der Waals surface area contributed by atoms with Crippen LogP contribution in [0.2, 0.25) is 0 Å². The van der Waals surface area contributed by atoms with Crippen LogP contribution >= 0.6 is 0 Å². The summed E-state index contributed by atoms with van der Waals surface area (Å²) in [5.74, 6) is -0.0648. The molecule has 1 aromatic carbocycles. The monoisotopic (exact) mass is 208 g/mol. The first-order valence-corrected chi connectivity index (χ1v) is 4.84. The number of hydrogen-bond donors (Lipinski definition) is 2. The molecule has 15 heavy (non-hydrogen) atoms. The fraction of sp³-hybridized carbons (Fsp3) is 0.364. The molecule has 2 rings (SSSR count). The molecule has 0 spiro atoms. The first kappa shape index (κ1) is 9.83. The molecular weight excluding hydrogens is 196 g/mol. The van der Waals surface area contributed by atoms with Gasteiger partial charge in [0.25, 0.3) is 0 Å². The van der Waals surface area contributed by atoms with Crippen molar-refractivity contribution in [1.29, 1.82) is 0 Å². The molecular formula is C11H12O4. The zero-order valence-corrected chi connectivity index (χ0v) is 8.14. The molecule has 1 unspecified atom stereocenters. The third kappa shape index (κ3) is 2.03. The van der Waals surface area contributed by atoms with E-state index in [4.69, 9.17) is 9.84 Å². The molecule has 0 saturated heterocycles. The fourth-order valence-electron chi connectivity index (χ4n) is 1.87. The van der Waals surface area contributed by atoms with E-state index in [1.807, 2.05) is 0 Å². The second-order valence-electron chi connectivity index (χ2n) is 3.65. The van der Waals surface area contributed by atoms with Gasteiger partial charge in [0.15, 0.2) is 0 Å². The minimum absolute atomic E-state index is 0.00755. The van der Waals surface area contributed by atoms with E-state index in [0.717, 1.165) is 5.56 Å². The molecule has 80 valence electrons. The molecule has 4 heteroatoms. The molecule has 0 aromatic heterocycles. The van der Waals surface area contributed by atoms with Crippen LogP contribution in [-0.4, -0.2) is 22.8 Å². The van der Waals surface area contributed by atoms with Gasteiger partial charge in [-0.1, -0.05) is 6.07 Å². The number of carboxylic acid groups (broad SMARTS) is 1. The Morgan fingerprint density at radius 3 is 3.07 bits per heavy atom. The van der Waals surface area contributed by atoms with Crippen LogP contribution in [0.4, 0.5) is 0 Å². The van der Waals surface area contributed by atoms with Crippen LogP contribution in [-0.2, 0) is 4.79 Å². The first-order valence-electron chi connectivity index (χ1n) is 4.84. The molecule has 2 N–H and O–H groups in total. The Hall–Kier alpha value is -1.71. The van der Waals surface area contributed by atoms with Crippen LogP contribution < -0.4 is 4.74 Å². The van der Waals surface area contributed by atoms with Crippen LogP contribution in [0.25, 0.3) is 0 Å². The van der Waals surface area contributed by atoms with E-state index in [1.165, 1.54) is 6.07 Å². The van der Waals surface area contributed by atoms with Crippen molar-refractivity contribution in [3.63, 3.8) is 0 Å². The van der Waals surface area contributed by atoms with Crippen molar-refractivity contribution in [3.8, 4) is 11.5 Å². The van der Waals surface area contributed by atoms with Crippen LogP contribution in [0.3, 0.4) is 0 Å².